The molecular formula is C18H25ClN2O3. The van der Waals surface area contributed by atoms with Gasteiger partial charge in [0.2, 0.25) is 5.91 Å². The van der Waals surface area contributed by atoms with E-state index in [1.807, 2.05) is 13.0 Å². The highest BCUT2D eigenvalue weighted by Gasteiger charge is 2.34. The lowest BCUT2D eigenvalue weighted by atomic mass is 9.89. The van der Waals surface area contributed by atoms with E-state index in [0.717, 1.165) is 24.1 Å². The molecule has 2 fully saturated rings. The van der Waals surface area contributed by atoms with Crippen LogP contribution >= 0.6 is 12.4 Å². The van der Waals surface area contributed by atoms with E-state index in [1.165, 1.54) is 20.0 Å². The van der Waals surface area contributed by atoms with Crippen molar-refractivity contribution in [3.05, 3.63) is 29.3 Å². The molecule has 24 heavy (non-hydrogen) atoms. The third-order valence-corrected chi connectivity index (χ3v) is 4.96. The number of aryl methyl sites for hydroxylation is 1. The number of piperidine rings is 1. The van der Waals surface area contributed by atoms with Gasteiger partial charge in [-0.15, -0.1) is 12.4 Å². The Kier molecular flexibility index (Phi) is 6.24. The Morgan fingerprint density at radius 1 is 1.25 bits per heavy atom. The van der Waals surface area contributed by atoms with Gasteiger partial charge in [0.05, 0.1) is 12.7 Å². The predicted molar refractivity (Wildman–Crippen MR) is 95.7 cm³/mol. The number of amides is 1. The topological polar surface area (TPSA) is 67.4 Å². The average molecular weight is 353 g/mol. The minimum atomic E-state index is -0.356. The number of carbonyl (C=O) groups excluding carboxylic acids is 2. The summed E-state index contributed by atoms with van der Waals surface area (Å²) in [5.41, 5.74) is 2.06. The molecule has 2 aliphatic rings. The van der Waals surface area contributed by atoms with Crippen molar-refractivity contribution in [2.75, 3.05) is 12.4 Å². The molecule has 2 aliphatic heterocycles. The number of hydrogen-bond donors (Lipinski definition) is 2. The fourth-order valence-corrected chi connectivity index (χ4v) is 3.90. The van der Waals surface area contributed by atoms with E-state index in [0.29, 0.717) is 30.0 Å². The third-order valence-electron chi connectivity index (χ3n) is 4.96. The first-order valence-corrected chi connectivity index (χ1v) is 8.30. The lowest BCUT2D eigenvalue weighted by Crippen LogP contribution is -2.39. The monoisotopic (exact) mass is 352 g/mol. The van der Waals surface area contributed by atoms with Crippen molar-refractivity contribution in [1.29, 1.82) is 0 Å². The molecule has 0 spiro atoms. The van der Waals surface area contributed by atoms with Crippen molar-refractivity contribution in [2.24, 2.45) is 5.92 Å². The van der Waals surface area contributed by atoms with Crippen molar-refractivity contribution in [2.45, 2.75) is 51.1 Å². The second-order valence-electron chi connectivity index (χ2n) is 6.75. The summed E-state index contributed by atoms with van der Waals surface area (Å²) < 4.78 is 4.73. The molecule has 2 N–H and O–H groups in total. The maximum Gasteiger partial charge on any atom is 0.338 e. The SMILES string of the molecule is COC(=O)c1ccc(NC(=O)CC2CC3CCC(C2)N3)cc1C.Cl. The summed E-state index contributed by atoms with van der Waals surface area (Å²) in [5.74, 6) is 0.177. The van der Waals surface area contributed by atoms with Crippen molar-refractivity contribution < 1.29 is 14.3 Å². The van der Waals surface area contributed by atoms with Crippen LogP contribution in [0.2, 0.25) is 0 Å². The number of benzene rings is 1. The van der Waals surface area contributed by atoms with E-state index in [2.05, 4.69) is 10.6 Å². The lowest BCUT2D eigenvalue weighted by molar-refractivity contribution is -0.117. The van der Waals surface area contributed by atoms with Gasteiger partial charge in [-0.2, -0.15) is 0 Å². The molecule has 0 saturated carbocycles. The quantitative estimate of drug-likeness (QED) is 0.817. The lowest BCUT2D eigenvalue weighted by Gasteiger charge is -2.28. The van der Waals surface area contributed by atoms with Gasteiger partial charge in [0.15, 0.2) is 0 Å². The maximum atomic E-state index is 12.3. The summed E-state index contributed by atoms with van der Waals surface area (Å²) in [6.07, 6.45) is 5.27. The van der Waals surface area contributed by atoms with Crippen LogP contribution in [0.4, 0.5) is 5.69 Å². The van der Waals surface area contributed by atoms with Gasteiger partial charge in [0.1, 0.15) is 0 Å². The van der Waals surface area contributed by atoms with E-state index >= 15 is 0 Å². The molecule has 2 unspecified atom stereocenters. The second-order valence-corrected chi connectivity index (χ2v) is 6.75. The highest BCUT2D eigenvalue weighted by molar-refractivity contribution is 5.94. The van der Waals surface area contributed by atoms with Gasteiger partial charge in [-0.1, -0.05) is 0 Å². The summed E-state index contributed by atoms with van der Waals surface area (Å²) in [4.78, 5) is 23.9. The molecule has 5 nitrogen and oxygen atoms in total. The van der Waals surface area contributed by atoms with Gasteiger partial charge >= 0.3 is 5.97 Å². The van der Waals surface area contributed by atoms with Crippen LogP contribution < -0.4 is 10.6 Å². The number of ether oxygens (including phenoxy) is 1. The number of fused-ring (bicyclic) bond motifs is 2. The molecule has 1 aromatic carbocycles. The Morgan fingerprint density at radius 2 is 1.92 bits per heavy atom. The number of halogens is 1. The number of rotatable bonds is 4. The summed E-state index contributed by atoms with van der Waals surface area (Å²) in [7, 11) is 1.36. The van der Waals surface area contributed by atoms with Crippen LogP contribution in [0.3, 0.4) is 0 Å². The minimum Gasteiger partial charge on any atom is -0.465 e. The van der Waals surface area contributed by atoms with E-state index < -0.39 is 0 Å². The zero-order valence-corrected chi connectivity index (χ0v) is 14.9. The molecule has 0 aromatic heterocycles. The standard InChI is InChI=1S/C18H24N2O3.ClH/c1-11-7-13(5-6-16(11)18(22)23-2)20-17(21)10-12-8-14-3-4-15(9-12)19-14;/h5-7,12,14-15,19H,3-4,8-10H2,1-2H3,(H,20,21);1H. The first kappa shape index (κ1) is 18.7. The fraction of sp³-hybridized carbons (Fsp3) is 0.556. The first-order chi connectivity index (χ1) is 11.0. The normalized spacial score (nSPS) is 24.8. The van der Waals surface area contributed by atoms with Crippen LogP contribution in [0, 0.1) is 12.8 Å². The molecule has 2 atom stereocenters. The van der Waals surface area contributed by atoms with Gasteiger partial charge in [-0.3, -0.25) is 4.79 Å². The number of hydrogen-bond acceptors (Lipinski definition) is 4. The minimum absolute atomic E-state index is 0. The zero-order chi connectivity index (χ0) is 16.4. The third kappa shape index (κ3) is 4.28. The van der Waals surface area contributed by atoms with Crippen molar-refractivity contribution in [3.8, 4) is 0 Å². The van der Waals surface area contributed by atoms with Crippen LogP contribution in [0.5, 0.6) is 0 Å². The van der Waals surface area contributed by atoms with E-state index in [9.17, 15) is 9.59 Å². The molecular weight excluding hydrogens is 328 g/mol. The first-order valence-electron chi connectivity index (χ1n) is 8.30. The molecule has 2 heterocycles. The Morgan fingerprint density at radius 3 is 2.50 bits per heavy atom. The Bertz CT molecular complexity index is 608. The van der Waals surface area contributed by atoms with Gasteiger partial charge in [-0.05, 0) is 62.3 Å². The largest absolute Gasteiger partial charge is 0.465 e. The van der Waals surface area contributed by atoms with Gasteiger partial charge in [0, 0.05) is 24.2 Å². The number of esters is 1. The summed E-state index contributed by atoms with van der Waals surface area (Å²) in [6, 6.07) is 6.47. The molecule has 1 amide bonds. The Balaban J connectivity index is 0.00000208. The summed E-state index contributed by atoms with van der Waals surface area (Å²) in [5, 5.41) is 6.55. The van der Waals surface area contributed by atoms with Crippen LogP contribution in [-0.2, 0) is 9.53 Å². The highest BCUT2D eigenvalue weighted by Crippen LogP contribution is 2.32. The summed E-state index contributed by atoms with van der Waals surface area (Å²) >= 11 is 0. The predicted octanol–water partition coefficient (Wildman–Crippen LogP) is 3.06. The maximum absolute atomic E-state index is 12.3. The highest BCUT2D eigenvalue weighted by atomic mass is 35.5. The average Bonchev–Trinajstić information content (AvgIpc) is 2.85. The second kappa shape index (κ2) is 7.99. The smallest absolute Gasteiger partial charge is 0.338 e. The van der Waals surface area contributed by atoms with Crippen LogP contribution in [0.1, 0.15) is 48.0 Å². The van der Waals surface area contributed by atoms with Crippen LogP contribution in [0.15, 0.2) is 18.2 Å². The molecule has 0 aliphatic carbocycles. The molecule has 2 bridgehead atoms. The van der Waals surface area contributed by atoms with Crippen LogP contribution in [-0.4, -0.2) is 31.1 Å². The van der Waals surface area contributed by atoms with E-state index in [4.69, 9.17) is 4.74 Å². The molecule has 3 rings (SSSR count). The number of nitrogens with one attached hydrogen (secondary N) is 2. The fourth-order valence-electron chi connectivity index (χ4n) is 3.90. The van der Waals surface area contributed by atoms with Crippen LogP contribution in [0.25, 0.3) is 0 Å². The number of methoxy groups -OCH3 is 1. The molecule has 6 heteroatoms. The molecule has 0 radical (unpaired) electrons. The summed E-state index contributed by atoms with van der Waals surface area (Å²) in [6.45, 7) is 1.84. The number of anilines is 1. The molecule has 1 aromatic rings. The molecule has 132 valence electrons. The van der Waals surface area contributed by atoms with E-state index in [1.54, 1.807) is 12.1 Å². The molecule has 2 saturated heterocycles. The zero-order valence-electron chi connectivity index (χ0n) is 14.1. The van der Waals surface area contributed by atoms with Crippen molar-refractivity contribution in [3.63, 3.8) is 0 Å². The Hall–Kier alpha value is -1.59. The van der Waals surface area contributed by atoms with Crippen molar-refractivity contribution >= 4 is 30.0 Å². The van der Waals surface area contributed by atoms with E-state index in [-0.39, 0.29) is 24.3 Å². The van der Waals surface area contributed by atoms with Crippen molar-refractivity contribution in [1.82, 2.24) is 5.32 Å². The number of carbonyl (C=O) groups is 2. The van der Waals surface area contributed by atoms with Gasteiger partial charge < -0.3 is 15.4 Å². The van der Waals surface area contributed by atoms with Gasteiger partial charge in [-0.25, -0.2) is 4.79 Å². The van der Waals surface area contributed by atoms with Gasteiger partial charge in [0.25, 0.3) is 0 Å². The Labute approximate surface area is 148 Å².